The molecule has 0 spiro atoms. The minimum absolute atomic E-state index is 0.119. The largest absolute Gasteiger partial charge is 0.445 e. The molecule has 0 atom stereocenters. The highest BCUT2D eigenvalue weighted by Gasteiger charge is 2.37. The lowest BCUT2D eigenvalue weighted by molar-refractivity contribution is -0.159. The number of hydrogen-bond acceptors (Lipinski definition) is 4. The van der Waals surface area contributed by atoms with Crippen LogP contribution in [0.25, 0.3) is 0 Å². The van der Waals surface area contributed by atoms with E-state index in [1.807, 2.05) is 0 Å². The third-order valence-corrected chi connectivity index (χ3v) is 3.35. The number of esters is 1. The highest BCUT2D eigenvalue weighted by atomic mass is 35.5. The molecule has 1 aliphatic rings. The van der Waals surface area contributed by atoms with Gasteiger partial charge in [0, 0.05) is 20.4 Å². The normalized spacial score (nSPS) is 18.3. The van der Waals surface area contributed by atoms with Crippen LogP contribution in [0, 0.1) is 0 Å². The molecule has 5 nitrogen and oxygen atoms in total. The fourth-order valence-corrected chi connectivity index (χ4v) is 2.02. The first-order valence-corrected chi connectivity index (χ1v) is 6.88. The summed E-state index contributed by atoms with van der Waals surface area (Å²) in [4.78, 5) is 23.2. The van der Waals surface area contributed by atoms with Gasteiger partial charge >= 0.3 is 5.97 Å². The molecule has 1 fully saturated rings. The standard InChI is InChI=1S/C14H13Cl2NO4/c1-14(2)20-11(13(19)21-14)6-12(18)17-7-8-3-4-9(15)10(16)5-8/h3-6H,7H2,1-2H3,(H,17,18). The Labute approximate surface area is 131 Å². The summed E-state index contributed by atoms with van der Waals surface area (Å²) in [6.45, 7) is 3.41. The number of amides is 1. The van der Waals surface area contributed by atoms with Crippen LogP contribution in [0.1, 0.15) is 19.4 Å². The lowest BCUT2D eigenvalue weighted by atomic mass is 10.2. The van der Waals surface area contributed by atoms with Gasteiger partial charge in [0.25, 0.3) is 0 Å². The van der Waals surface area contributed by atoms with Crippen LogP contribution in [0.2, 0.25) is 10.0 Å². The van der Waals surface area contributed by atoms with Gasteiger partial charge in [-0.25, -0.2) is 4.79 Å². The summed E-state index contributed by atoms with van der Waals surface area (Å²) in [6, 6.07) is 5.04. The van der Waals surface area contributed by atoms with Gasteiger partial charge in [0.1, 0.15) is 0 Å². The number of ether oxygens (including phenoxy) is 2. The van der Waals surface area contributed by atoms with Crippen molar-refractivity contribution in [3.63, 3.8) is 0 Å². The van der Waals surface area contributed by atoms with Gasteiger partial charge in [0.15, 0.2) is 0 Å². The van der Waals surface area contributed by atoms with E-state index in [2.05, 4.69) is 5.32 Å². The van der Waals surface area contributed by atoms with E-state index in [0.29, 0.717) is 10.0 Å². The fraction of sp³-hybridized carbons (Fsp3) is 0.286. The monoisotopic (exact) mass is 329 g/mol. The summed E-state index contributed by atoms with van der Waals surface area (Å²) >= 11 is 11.7. The predicted octanol–water partition coefficient (Wildman–Crippen LogP) is 2.80. The maximum Gasteiger partial charge on any atom is 0.377 e. The average molecular weight is 330 g/mol. The van der Waals surface area contributed by atoms with E-state index in [9.17, 15) is 9.59 Å². The second-order valence-electron chi connectivity index (χ2n) is 4.87. The van der Waals surface area contributed by atoms with E-state index in [0.717, 1.165) is 11.6 Å². The molecular formula is C14H13Cl2NO4. The number of halogens is 2. The maximum atomic E-state index is 11.7. The van der Waals surface area contributed by atoms with Crippen molar-refractivity contribution in [1.82, 2.24) is 5.32 Å². The van der Waals surface area contributed by atoms with Gasteiger partial charge in [0.05, 0.1) is 16.1 Å². The molecule has 1 N–H and O–H groups in total. The molecule has 2 rings (SSSR count). The van der Waals surface area contributed by atoms with E-state index in [1.54, 1.807) is 32.0 Å². The molecule has 21 heavy (non-hydrogen) atoms. The molecule has 112 valence electrons. The smallest absolute Gasteiger partial charge is 0.377 e. The van der Waals surface area contributed by atoms with E-state index in [4.69, 9.17) is 32.7 Å². The molecule has 1 aliphatic heterocycles. The van der Waals surface area contributed by atoms with E-state index < -0.39 is 17.7 Å². The molecule has 7 heteroatoms. The minimum Gasteiger partial charge on any atom is -0.445 e. The van der Waals surface area contributed by atoms with Crippen LogP contribution >= 0.6 is 23.2 Å². The first-order valence-electron chi connectivity index (χ1n) is 6.13. The second-order valence-corrected chi connectivity index (χ2v) is 5.68. The van der Waals surface area contributed by atoms with Crippen molar-refractivity contribution in [2.75, 3.05) is 0 Å². The van der Waals surface area contributed by atoms with Gasteiger partial charge in [-0.3, -0.25) is 4.79 Å². The van der Waals surface area contributed by atoms with Crippen molar-refractivity contribution >= 4 is 35.1 Å². The van der Waals surface area contributed by atoms with Crippen LogP contribution < -0.4 is 5.32 Å². The number of nitrogens with one attached hydrogen (secondary N) is 1. The minimum atomic E-state index is -1.05. The highest BCUT2D eigenvalue weighted by Crippen LogP contribution is 2.26. The van der Waals surface area contributed by atoms with Crippen molar-refractivity contribution in [1.29, 1.82) is 0 Å². The Morgan fingerprint density at radius 1 is 1.29 bits per heavy atom. The van der Waals surface area contributed by atoms with Gasteiger partial charge in [-0.1, -0.05) is 29.3 Å². The third-order valence-electron chi connectivity index (χ3n) is 2.61. The van der Waals surface area contributed by atoms with Gasteiger partial charge < -0.3 is 14.8 Å². The molecule has 0 aromatic heterocycles. The number of hydrogen-bond donors (Lipinski definition) is 1. The Balaban J connectivity index is 1.96. The topological polar surface area (TPSA) is 64.6 Å². The van der Waals surface area contributed by atoms with Crippen molar-refractivity contribution < 1.29 is 19.1 Å². The third kappa shape index (κ3) is 4.12. The summed E-state index contributed by atoms with van der Waals surface area (Å²) in [5.41, 5.74) is 0.784. The van der Waals surface area contributed by atoms with Crippen molar-refractivity contribution in [2.24, 2.45) is 0 Å². The van der Waals surface area contributed by atoms with Crippen molar-refractivity contribution in [3.05, 3.63) is 45.6 Å². The van der Waals surface area contributed by atoms with Crippen molar-refractivity contribution in [2.45, 2.75) is 26.2 Å². The molecule has 1 aromatic rings. The van der Waals surface area contributed by atoms with Crippen LogP contribution in [0.3, 0.4) is 0 Å². The van der Waals surface area contributed by atoms with Crippen molar-refractivity contribution in [3.8, 4) is 0 Å². The lowest BCUT2D eigenvalue weighted by Gasteiger charge is -2.13. The van der Waals surface area contributed by atoms with Gasteiger partial charge in [-0.2, -0.15) is 0 Å². The van der Waals surface area contributed by atoms with E-state index in [-0.39, 0.29) is 12.3 Å². The highest BCUT2D eigenvalue weighted by molar-refractivity contribution is 6.42. The number of carbonyl (C=O) groups is 2. The Hall–Kier alpha value is -1.72. The first kappa shape index (κ1) is 15.7. The molecule has 0 bridgehead atoms. The Morgan fingerprint density at radius 2 is 2.00 bits per heavy atom. The van der Waals surface area contributed by atoms with Crippen LogP contribution in [0.5, 0.6) is 0 Å². The second kappa shape index (κ2) is 5.95. The predicted molar refractivity (Wildman–Crippen MR) is 77.6 cm³/mol. The summed E-state index contributed by atoms with van der Waals surface area (Å²) in [5.74, 6) is -2.30. The first-order chi connectivity index (χ1) is 9.77. The SMILES string of the molecule is CC1(C)OC(=O)C(=CC(=O)NCc2ccc(Cl)c(Cl)c2)O1. The van der Waals surface area contributed by atoms with Crippen LogP contribution in [-0.2, 0) is 25.6 Å². The average Bonchev–Trinajstić information content (AvgIpc) is 2.64. The summed E-state index contributed by atoms with van der Waals surface area (Å²) in [6.07, 6.45) is 1.06. The van der Waals surface area contributed by atoms with Gasteiger partial charge in [0.2, 0.25) is 17.5 Å². The van der Waals surface area contributed by atoms with Gasteiger partial charge in [-0.15, -0.1) is 0 Å². The number of rotatable bonds is 3. The lowest BCUT2D eigenvalue weighted by Crippen LogP contribution is -2.21. The maximum absolute atomic E-state index is 11.7. The molecule has 0 unspecified atom stereocenters. The van der Waals surface area contributed by atoms with E-state index in [1.165, 1.54) is 0 Å². The fourth-order valence-electron chi connectivity index (χ4n) is 1.70. The Morgan fingerprint density at radius 3 is 2.57 bits per heavy atom. The molecule has 0 saturated carbocycles. The van der Waals surface area contributed by atoms with Crippen LogP contribution in [-0.4, -0.2) is 17.7 Å². The van der Waals surface area contributed by atoms with Crippen LogP contribution in [0.4, 0.5) is 0 Å². The summed E-state index contributed by atoms with van der Waals surface area (Å²) < 4.78 is 10.1. The van der Waals surface area contributed by atoms with E-state index >= 15 is 0 Å². The number of benzene rings is 1. The zero-order valence-electron chi connectivity index (χ0n) is 11.4. The Kier molecular flexibility index (Phi) is 4.44. The zero-order chi connectivity index (χ0) is 15.6. The molecule has 1 amide bonds. The molecule has 1 aromatic carbocycles. The summed E-state index contributed by atoms with van der Waals surface area (Å²) in [5, 5.41) is 3.47. The molecule has 1 heterocycles. The zero-order valence-corrected chi connectivity index (χ0v) is 12.9. The quantitative estimate of drug-likeness (QED) is 0.684. The molecule has 0 aliphatic carbocycles. The molecular weight excluding hydrogens is 317 g/mol. The molecule has 0 radical (unpaired) electrons. The number of cyclic esters (lactones) is 1. The van der Waals surface area contributed by atoms with Gasteiger partial charge in [-0.05, 0) is 17.7 Å². The summed E-state index contributed by atoms with van der Waals surface area (Å²) in [7, 11) is 0. The molecule has 1 saturated heterocycles. The Bertz CT molecular complexity index is 625. The number of carbonyl (C=O) groups excluding carboxylic acids is 2. The van der Waals surface area contributed by atoms with Crippen LogP contribution in [0.15, 0.2) is 30.0 Å².